The molecule has 0 bridgehead atoms. The van der Waals surface area contributed by atoms with Crippen LogP contribution in [0.4, 0.5) is 0 Å². The number of hydrogen-bond acceptors (Lipinski definition) is 1. The van der Waals surface area contributed by atoms with Gasteiger partial charge in [-0.3, -0.25) is 0 Å². The predicted molar refractivity (Wildman–Crippen MR) is 76.4 cm³/mol. The molecule has 0 aliphatic heterocycles. The summed E-state index contributed by atoms with van der Waals surface area (Å²) in [6.07, 6.45) is 3.60. The third kappa shape index (κ3) is 6.48. The molecule has 0 radical (unpaired) electrons. The standard InChI is InChI=1S/C16H27N/c1-13(2)11-16-8-5-7-15(12-16)9-6-10-17-14(3)4/h5,7-8,12-14,17H,6,9-11H2,1-4H3. The monoisotopic (exact) mass is 233 g/mol. The van der Waals surface area contributed by atoms with Gasteiger partial charge in [-0.1, -0.05) is 52.0 Å². The second-order valence-electron chi connectivity index (χ2n) is 5.63. The van der Waals surface area contributed by atoms with Crippen molar-refractivity contribution in [1.29, 1.82) is 0 Å². The van der Waals surface area contributed by atoms with E-state index < -0.39 is 0 Å². The van der Waals surface area contributed by atoms with Crippen LogP contribution in [0.2, 0.25) is 0 Å². The zero-order valence-electron chi connectivity index (χ0n) is 11.8. The van der Waals surface area contributed by atoms with Crippen molar-refractivity contribution < 1.29 is 0 Å². The highest BCUT2D eigenvalue weighted by atomic mass is 14.9. The lowest BCUT2D eigenvalue weighted by Crippen LogP contribution is -2.23. The molecule has 1 N–H and O–H groups in total. The molecule has 1 rings (SSSR count). The van der Waals surface area contributed by atoms with E-state index in [1.807, 2.05) is 0 Å². The quantitative estimate of drug-likeness (QED) is 0.706. The largest absolute Gasteiger partial charge is 0.315 e. The maximum Gasteiger partial charge on any atom is 0.00103 e. The summed E-state index contributed by atoms with van der Waals surface area (Å²) in [6, 6.07) is 9.66. The van der Waals surface area contributed by atoms with Gasteiger partial charge in [0.25, 0.3) is 0 Å². The number of rotatable bonds is 7. The van der Waals surface area contributed by atoms with Gasteiger partial charge in [0.1, 0.15) is 0 Å². The highest BCUT2D eigenvalue weighted by Crippen LogP contribution is 2.11. The highest BCUT2D eigenvalue weighted by Gasteiger charge is 2.00. The third-order valence-electron chi connectivity index (χ3n) is 2.83. The molecule has 1 aromatic rings. The first kappa shape index (κ1) is 14.2. The van der Waals surface area contributed by atoms with Crippen LogP contribution in [-0.2, 0) is 12.8 Å². The summed E-state index contributed by atoms with van der Waals surface area (Å²) in [5, 5.41) is 3.46. The van der Waals surface area contributed by atoms with E-state index in [2.05, 4.69) is 57.3 Å². The Hall–Kier alpha value is -0.820. The Bertz CT molecular complexity index is 315. The van der Waals surface area contributed by atoms with E-state index in [0.717, 1.165) is 12.5 Å². The molecule has 0 saturated carbocycles. The molecule has 0 aliphatic rings. The maximum absolute atomic E-state index is 3.46. The molecule has 0 atom stereocenters. The summed E-state index contributed by atoms with van der Waals surface area (Å²) in [6.45, 7) is 10.1. The van der Waals surface area contributed by atoms with Gasteiger partial charge in [0.15, 0.2) is 0 Å². The fourth-order valence-corrected chi connectivity index (χ4v) is 2.07. The number of hydrogen-bond donors (Lipinski definition) is 1. The number of nitrogens with one attached hydrogen (secondary N) is 1. The van der Waals surface area contributed by atoms with Crippen LogP contribution in [0.1, 0.15) is 45.2 Å². The predicted octanol–water partition coefficient (Wildman–Crippen LogP) is 3.82. The van der Waals surface area contributed by atoms with Crippen LogP contribution in [-0.4, -0.2) is 12.6 Å². The van der Waals surface area contributed by atoms with Crippen LogP contribution in [0.5, 0.6) is 0 Å². The van der Waals surface area contributed by atoms with Crippen molar-refractivity contribution in [2.24, 2.45) is 5.92 Å². The van der Waals surface area contributed by atoms with Gasteiger partial charge in [0.2, 0.25) is 0 Å². The number of benzene rings is 1. The van der Waals surface area contributed by atoms with Crippen molar-refractivity contribution in [1.82, 2.24) is 5.32 Å². The molecule has 0 unspecified atom stereocenters. The average Bonchev–Trinajstić information content (AvgIpc) is 2.24. The Morgan fingerprint density at radius 1 is 1.06 bits per heavy atom. The first-order valence-electron chi connectivity index (χ1n) is 6.89. The normalized spacial score (nSPS) is 11.4. The van der Waals surface area contributed by atoms with Gasteiger partial charge < -0.3 is 5.32 Å². The smallest absolute Gasteiger partial charge is 0.00103 e. The Balaban J connectivity index is 2.37. The second-order valence-corrected chi connectivity index (χ2v) is 5.63. The highest BCUT2D eigenvalue weighted by molar-refractivity contribution is 5.23. The van der Waals surface area contributed by atoms with Gasteiger partial charge in [-0.2, -0.15) is 0 Å². The molecular formula is C16H27N. The molecular weight excluding hydrogens is 206 g/mol. The molecule has 0 aliphatic carbocycles. The summed E-state index contributed by atoms with van der Waals surface area (Å²) in [4.78, 5) is 0. The van der Waals surface area contributed by atoms with Crippen LogP contribution in [0.25, 0.3) is 0 Å². The average molecular weight is 233 g/mol. The van der Waals surface area contributed by atoms with Crippen LogP contribution >= 0.6 is 0 Å². The third-order valence-corrected chi connectivity index (χ3v) is 2.83. The maximum atomic E-state index is 3.46. The molecule has 1 aromatic carbocycles. The van der Waals surface area contributed by atoms with Crippen molar-refractivity contribution in [3.05, 3.63) is 35.4 Å². The molecule has 0 amide bonds. The van der Waals surface area contributed by atoms with Gasteiger partial charge in [-0.05, 0) is 42.9 Å². The summed E-state index contributed by atoms with van der Waals surface area (Å²) in [5.41, 5.74) is 2.96. The topological polar surface area (TPSA) is 12.0 Å². The SMILES string of the molecule is CC(C)Cc1cccc(CCCNC(C)C)c1. The van der Waals surface area contributed by atoms with Crippen LogP contribution in [0.3, 0.4) is 0 Å². The van der Waals surface area contributed by atoms with Crippen molar-refractivity contribution >= 4 is 0 Å². The van der Waals surface area contributed by atoms with Crippen molar-refractivity contribution in [2.75, 3.05) is 6.54 Å². The molecule has 0 saturated heterocycles. The summed E-state index contributed by atoms with van der Waals surface area (Å²) in [5.74, 6) is 0.743. The summed E-state index contributed by atoms with van der Waals surface area (Å²) >= 11 is 0. The zero-order chi connectivity index (χ0) is 12.7. The molecule has 0 spiro atoms. The summed E-state index contributed by atoms with van der Waals surface area (Å²) in [7, 11) is 0. The lowest BCUT2D eigenvalue weighted by atomic mass is 9.99. The van der Waals surface area contributed by atoms with E-state index in [-0.39, 0.29) is 0 Å². The molecule has 0 heterocycles. The minimum atomic E-state index is 0.599. The number of aryl methyl sites for hydroxylation is 1. The van der Waals surface area contributed by atoms with Crippen molar-refractivity contribution in [3.63, 3.8) is 0 Å². The first-order valence-corrected chi connectivity index (χ1v) is 6.89. The van der Waals surface area contributed by atoms with Gasteiger partial charge >= 0.3 is 0 Å². The fraction of sp³-hybridized carbons (Fsp3) is 0.625. The van der Waals surface area contributed by atoms with Gasteiger partial charge in [-0.25, -0.2) is 0 Å². The Morgan fingerprint density at radius 2 is 1.76 bits per heavy atom. The molecule has 1 heteroatoms. The molecule has 0 aromatic heterocycles. The Labute approximate surface area is 107 Å². The van der Waals surface area contributed by atoms with Crippen LogP contribution < -0.4 is 5.32 Å². The van der Waals surface area contributed by atoms with Crippen LogP contribution in [0.15, 0.2) is 24.3 Å². The molecule has 17 heavy (non-hydrogen) atoms. The summed E-state index contributed by atoms with van der Waals surface area (Å²) < 4.78 is 0. The van der Waals surface area contributed by atoms with Gasteiger partial charge in [0.05, 0.1) is 0 Å². The van der Waals surface area contributed by atoms with E-state index in [0.29, 0.717) is 6.04 Å². The lowest BCUT2D eigenvalue weighted by Gasteiger charge is -2.09. The molecule has 0 fully saturated rings. The van der Waals surface area contributed by atoms with Crippen molar-refractivity contribution in [3.8, 4) is 0 Å². The Kier molecular flexibility index (Phi) is 6.28. The van der Waals surface area contributed by atoms with E-state index >= 15 is 0 Å². The minimum absolute atomic E-state index is 0.599. The lowest BCUT2D eigenvalue weighted by molar-refractivity contribution is 0.570. The van der Waals surface area contributed by atoms with E-state index in [9.17, 15) is 0 Å². The van der Waals surface area contributed by atoms with Crippen molar-refractivity contribution in [2.45, 2.75) is 53.0 Å². The minimum Gasteiger partial charge on any atom is -0.315 e. The van der Waals surface area contributed by atoms with Gasteiger partial charge in [-0.15, -0.1) is 0 Å². The van der Waals surface area contributed by atoms with E-state index in [1.54, 1.807) is 0 Å². The Morgan fingerprint density at radius 3 is 2.41 bits per heavy atom. The molecule has 1 nitrogen and oxygen atoms in total. The second kappa shape index (κ2) is 7.50. The first-order chi connectivity index (χ1) is 8.08. The molecule has 96 valence electrons. The van der Waals surface area contributed by atoms with Crippen LogP contribution in [0, 0.1) is 5.92 Å². The van der Waals surface area contributed by atoms with Gasteiger partial charge in [0, 0.05) is 6.04 Å². The zero-order valence-corrected chi connectivity index (χ0v) is 11.8. The fourth-order valence-electron chi connectivity index (χ4n) is 2.07. The van der Waals surface area contributed by atoms with E-state index in [4.69, 9.17) is 0 Å². The van der Waals surface area contributed by atoms with E-state index in [1.165, 1.54) is 30.4 Å².